The Morgan fingerprint density at radius 2 is 1.93 bits per heavy atom. The van der Waals surface area contributed by atoms with Crippen molar-refractivity contribution in [3.8, 4) is 0 Å². The molecule has 2 aliphatic rings. The minimum atomic E-state index is -0.0364. The van der Waals surface area contributed by atoms with E-state index in [0.717, 1.165) is 43.2 Å². The van der Waals surface area contributed by atoms with E-state index in [1.165, 1.54) is 12.8 Å². The number of nitrogens with one attached hydrogen (secondary N) is 3. The number of rotatable bonds is 8. The van der Waals surface area contributed by atoms with Crippen LogP contribution in [-0.4, -0.2) is 67.0 Å². The summed E-state index contributed by atoms with van der Waals surface area (Å²) in [7, 11) is 0. The zero-order chi connectivity index (χ0) is 18.9. The second-order valence-electron chi connectivity index (χ2n) is 7.21. The van der Waals surface area contributed by atoms with Gasteiger partial charge in [-0.1, -0.05) is 12.1 Å². The number of amides is 2. The summed E-state index contributed by atoms with van der Waals surface area (Å²) in [6, 6.07) is 7.74. The number of carbonyl (C=O) groups is 2. The van der Waals surface area contributed by atoms with E-state index in [4.69, 9.17) is 0 Å². The third-order valence-electron chi connectivity index (χ3n) is 5.05. The van der Waals surface area contributed by atoms with Gasteiger partial charge in [-0.15, -0.1) is 0 Å². The molecule has 0 saturated carbocycles. The third kappa shape index (κ3) is 6.83. The number of benzene rings is 1. The maximum atomic E-state index is 12.2. The normalized spacial score (nSPS) is 20.4. The van der Waals surface area contributed by atoms with Gasteiger partial charge in [-0.05, 0) is 43.6 Å². The molecule has 0 radical (unpaired) electrons. The summed E-state index contributed by atoms with van der Waals surface area (Å²) in [5.41, 5.74) is 1.66. The first-order chi connectivity index (χ1) is 13.2. The van der Waals surface area contributed by atoms with E-state index in [2.05, 4.69) is 20.9 Å². The lowest BCUT2D eigenvalue weighted by atomic mass is 10.1. The van der Waals surface area contributed by atoms with Crippen LogP contribution in [0.3, 0.4) is 0 Å². The zero-order valence-corrected chi connectivity index (χ0v) is 16.7. The highest BCUT2D eigenvalue weighted by Crippen LogP contribution is 2.10. The predicted octanol–water partition coefficient (Wildman–Crippen LogP) is 1.22. The van der Waals surface area contributed by atoms with E-state index in [9.17, 15) is 9.59 Å². The Kier molecular flexibility index (Phi) is 7.98. The van der Waals surface area contributed by atoms with Crippen molar-refractivity contribution in [3.63, 3.8) is 0 Å². The molecule has 2 amide bonds. The number of carbonyl (C=O) groups excluding carboxylic acids is 2. The van der Waals surface area contributed by atoms with Gasteiger partial charge in [-0.3, -0.25) is 9.59 Å². The van der Waals surface area contributed by atoms with Crippen molar-refractivity contribution in [1.29, 1.82) is 0 Å². The Labute approximate surface area is 165 Å². The van der Waals surface area contributed by atoms with Gasteiger partial charge in [0.2, 0.25) is 5.91 Å². The molecule has 1 aromatic carbocycles. The second-order valence-corrected chi connectivity index (χ2v) is 8.36. The van der Waals surface area contributed by atoms with E-state index >= 15 is 0 Å². The molecule has 0 aliphatic carbocycles. The standard InChI is InChI=1S/C20H30N4O2S/c25-19(13-18-15-27-12-8-21-18)23-14-16-3-5-17(6-4-16)20(26)22-7-11-24-9-1-2-10-24/h3-6,18,21H,1-2,7-15H2,(H,22,26)(H,23,25). The Hall–Kier alpha value is -1.57. The largest absolute Gasteiger partial charge is 0.352 e. The molecule has 2 aliphatic heterocycles. The number of nitrogens with zero attached hydrogens (tertiary/aromatic N) is 1. The average Bonchev–Trinajstić information content (AvgIpc) is 3.21. The summed E-state index contributed by atoms with van der Waals surface area (Å²) in [4.78, 5) is 26.6. The van der Waals surface area contributed by atoms with Gasteiger partial charge < -0.3 is 20.9 Å². The van der Waals surface area contributed by atoms with Gasteiger partial charge in [-0.2, -0.15) is 11.8 Å². The lowest BCUT2D eigenvalue weighted by molar-refractivity contribution is -0.121. The van der Waals surface area contributed by atoms with E-state index in [-0.39, 0.29) is 17.9 Å². The Morgan fingerprint density at radius 3 is 2.63 bits per heavy atom. The molecule has 1 aromatic rings. The summed E-state index contributed by atoms with van der Waals surface area (Å²) in [6.45, 7) is 5.37. The van der Waals surface area contributed by atoms with E-state index in [1.54, 1.807) is 0 Å². The van der Waals surface area contributed by atoms with Gasteiger partial charge in [0.1, 0.15) is 0 Å². The first-order valence-electron chi connectivity index (χ1n) is 9.88. The number of hydrogen-bond acceptors (Lipinski definition) is 5. The molecule has 3 rings (SSSR count). The van der Waals surface area contributed by atoms with Crippen molar-refractivity contribution < 1.29 is 9.59 Å². The maximum absolute atomic E-state index is 12.2. The molecule has 0 aromatic heterocycles. The van der Waals surface area contributed by atoms with Gasteiger partial charge in [0.25, 0.3) is 5.91 Å². The molecule has 7 heteroatoms. The molecule has 27 heavy (non-hydrogen) atoms. The highest BCUT2D eigenvalue weighted by atomic mass is 32.2. The monoisotopic (exact) mass is 390 g/mol. The lowest BCUT2D eigenvalue weighted by Crippen LogP contribution is -2.41. The first kappa shape index (κ1) is 20.2. The number of hydrogen-bond donors (Lipinski definition) is 3. The van der Waals surface area contributed by atoms with E-state index < -0.39 is 0 Å². The van der Waals surface area contributed by atoms with Gasteiger partial charge >= 0.3 is 0 Å². The molecule has 2 fully saturated rings. The molecule has 3 N–H and O–H groups in total. The molecule has 0 spiro atoms. The number of likely N-dealkylation sites (tertiary alicyclic amines) is 1. The van der Waals surface area contributed by atoms with Crippen molar-refractivity contribution in [2.75, 3.05) is 44.2 Å². The van der Waals surface area contributed by atoms with Gasteiger partial charge in [0.15, 0.2) is 0 Å². The van der Waals surface area contributed by atoms with Crippen molar-refractivity contribution >= 4 is 23.6 Å². The Bertz CT molecular complexity index is 611. The molecule has 6 nitrogen and oxygen atoms in total. The average molecular weight is 391 g/mol. The van der Waals surface area contributed by atoms with Crippen molar-refractivity contribution in [2.45, 2.75) is 31.8 Å². The van der Waals surface area contributed by atoms with Crippen molar-refractivity contribution in [3.05, 3.63) is 35.4 Å². The Balaban J connectivity index is 1.36. The molecule has 2 heterocycles. The van der Waals surface area contributed by atoms with E-state index in [1.807, 2.05) is 36.0 Å². The van der Waals surface area contributed by atoms with Crippen LogP contribution in [0.25, 0.3) is 0 Å². The summed E-state index contributed by atoms with van der Waals surface area (Å²) in [5.74, 6) is 2.15. The third-order valence-corrected chi connectivity index (χ3v) is 6.18. The summed E-state index contributed by atoms with van der Waals surface area (Å²) < 4.78 is 0. The zero-order valence-electron chi connectivity index (χ0n) is 15.8. The van der Waals surface area contributed by atoms with Crippen molar-refractivity contribution in [1.82, 2.24) is 20.9 Å². The molecule has 1 unspecified atom stereocenters. The van der Waals surface area contributed by atoms with Crippen molar-refractivity contribution in [2.24, 2.45) is 0 Å². The summed E-state index contributed by atoms with van der Waals surface area (Å²) >= 11 is 1.89. The van der Waals surface area contributed by atoms with Crippen LogP contribution < -0.4 is 16.0 Å². The minimum absolute atomic E-state index is 0.0364. The molecule has 148 valence electrons. The van der Waals surface area contributed by atoms with Crippen LogP contribution in [0.5, 0.6) is 0 Å². The van der Waals surface area contributed by atoms with Crippen LogP contribution in [0.15, 0.2) is 24.3 Å². The van der Waals surface area contributed by atoms with Crippen LogP contribution >= 0.6 is 11.8 Å². The smallest absolute Gasteiger partial charge is 0.251 e. The molecular formula is C20H30N4O2S. The van der Waals surface area contributed by atoms with E-state index in [0.29, 0.717) is 25.1 Å². The van der Waals surface area contributed by atoms with Crippen LogP contribution in [0.1, 0.15) is 35.2 Å². The molecular weight excluding hydrogens is 360 g/mol. The van der Waals surface area contributed by atoms with Crippen LogP contribution in [0.4, 0.5) is 0 Å². The molecule has 0 bridgehead atoms. The molecule has 1 atom stereocenters. The van der Waals surface area contributed by atoms with Gasteiger partial charge in [0.05, 0.1) is 0 Å². The fourth-order valence-corrected chi connectivity index (χ4v) is 4.41. The minimum Gasteiger partial charge on any atom is -0.352 e. The van der Waals surface area contributed by atoms with Crippen LogP contribution in [-0.2, 0) is 11.3 Å². The highest BCUT2D eigenvalue weighted by Gasteiger charge is 2.16. The van der Waals surface area contributed by atoms with Crippen LogP contribution in [0, 0.1) is 0 Å². The SMILES string of the molecule is O=C(CC1CSCCN1)NCc1ccc(C(=O)NCCN2CCCC2)cc1. The van der Waals surface area contributed by atoms with Gasteiger partial charge in [-0.25, -0.2) is 0 Å². The summed E-state index contributed by atoms with van der Waals surface area (Å²) in [6.07, 6.45) is 3.05. The second kappa shape index (κ2) is 10.7. The first-order valence-corrected chi connectivity index (χ1v) is 11.0. The predicted molar refractivity (Wildman–Crippen MR) is 110 cm³/mol. The van der Waals surface area contributed by atoms with Gasteiger partial charge in [0, 0.05) is 55.7 Å². The quantitative estimate of drug-likeness (QED) is 0.623. The van der Waals surface area contributed by atoms with Crippen LogP contribution in [0.2, 0.25) is 0 Å². The highest BCUT2D eigenvalue weighted by molar-refractivity contribution is 7.99. The number of thioether (sulfide) groups is 1. The Morgan fingerprint density at radius 1 is 1.15 bits per heavy atom. The fourth-order valence-electron chi connectivity index (χ4n) is 3.46. The fraction of sp³-hybridized carbons (Fsp3) is 0.600. The maximum Gasteiger partial charge on any atom is 0.251 e. The summed E-state index contributed by atoms with van der Waals surface area (Å²) in [5, 5.41) is 9.32. The lowest BCUT2D eigenvalue weighted by Gasteiger charge is -2.22. The molecule has 2 saturated heterocycles. The topological polar surface area (TPSA) is 73.5 Å².